The van der Waals surface area contributed by atoms with Gasteiger partial charge in [0.05, 0.1) is 17.2 Å². The van der Waals surface area contributed by atoms with E-state index in [0.717, 1.165) is 56.3 Å². The fraction of sp³-hybridized carbons (Fsp3) is 0.189. The number of aromatic nitrogens is 1. The van der Waals surface area contributed by atoms with Crippen LogP contribution in [0.5, 0.6) is 0 Å². The number of nitriles is 1. The summed E-state index contributed by atoms with van der Waals surface area (Å²) >= 11 is 0. The topological polar surface area (TPSA) is 40.8 Å². The predicted molar refractivity (Wildman–Crippen MR) is 164 cm³/mol. The van der Waals surface area contributed by atoms with Gasteiger partial charge in [-0.2, -0.15) is 5.26 Å². The number of fused-ring (bicyclic) bond motifs is 3. The third-order valence-corrected chi connectivity index (χ3v) is 7.59. The summed E-state index contributed by atoms with van der Waals surface area (Å²) in [4.78, 5) is 0. The maximum absolute atomic E-state index is 10.1. The summed E-state index contributed by atoms with van der Waals surface area (Å²) in [6.07, 6.45) is 3.10. The molecule has 2 heterocycles. The second-order valence-electron chi connectivity index (χ2n) is 12.0. The van der Waals surface area contributed by atoms with Crippen LogP contribution in [0, 0.1) is 23.7 Å². The fourth-order valence-corrected chi connectivity index (χ4v) is 5.74. The first-order chi connectivity index (χ1) is 19.2. The molecule has 6 rings (SSSR count). The Morgan fingerprint density at radius 2 is 1.45 bits per heavy atom. The number of nitrogens with zero attached hydrogens (tertiary/aromatic N) is 2. The zero-order chi connectivity index (χ0) is 28.0. The summed E-state index contributed by atoms with van der Waals surface area (Å²) in [6, 6.07) is 34.2. The van der Waals surface area contributed by atoms with Crippen molar-refractivity contribution < 1.29 is 8.98 Å². The lowest BCUT2D eigenvalue weighted by molar-refractivity contribution is -0.660. The Labute approximate surface area is 236 Å². The average Bonchev–Trinajstić information content (AvgIpc) is 3.32. The van der Waals surface area contributed by atoms with Crippen molar-refractivity contribution in [1.82, 2.24) is 0 Å². The summed E-state index contributed by atoms with van der Waals surface area (Å²) in [5.41, 5.74) is 11.4. The number of pyridine rings is 1. The molecule has 0 bridgehead atoms. The molecule has 0 saturated carbocycles. The van der Waals surface area contributed by atoms with Gasteiger partial charge in [0, 0.05) is 22.9 Å². The minimum absolute atomic E-state index is 0.182. The quantitative estimate of drug-likeness (QED) is 0.217. The van der Waals surface area contributed by atoms with E-state index in [1.807, 2.05) is 12.1 Å². The van der Waals surface area contributed by atoms with E-state index in [4.69, 9.17) is 4.42 Å². The molecular formula is C37H33N2O+. The van der Waals surface area contributed by atoms with Crippen LogP contribution >= 0.6 is 0 Å². The van der Waals surface area contributed by atoms with Crippen LogP contribution in [0.2, 0.25) is 0 Å². The van der Waals surface area contributed by atoms with Crippen LogP contribution < -0.4 is 4.57 Å². The number of hydrogen-bond donors (Lipinski definition) is 0. The average molecular weight is 522 g/mol. The molecule has 0 N–H and O–H groups in total. The van der Waals surface area contributed by atoms with Gasteiger partial charge in [-0.25, -0.2) is 4.57 Å². The molecule has 6 aromatic rings. The van der Waals surface area contributed by atoms with Gasteiger partial charge in [0.2, 0.25) is 5.69 Å². The summed E-state index contributed by atoms with van der Waals surface area (Å²) in [5.74, 6) is 0. The van der Waals surface area contributed by atoms with E-state index in [1.165, 1.54) is 16.7 Å². The van der Waals surface area contributed by atoms with Crippen molar-refractivity contribution in [2.75, 3.05) is 0 Å². The van der Waals surface area contributed by atoms with Gasteiger partial charge in [-0.15, -0.1) is 0 Å². The van der Waals surface area contributed by atoms with Gasteiger partial charge >= 0.3 is 0 Å². The summed E-state index contributed by atoms with van der Waals surface area (Å²) in [6.45, 7) is 8.85. The van der Waals surface area contributed by atoms with Crippen molar-refractivity contribution in [3.63, 3.8) is 0 Å². The SMILES string of the molecule is Cc1cc(C#N)c2c(oc3cc(-c4ccc(-c5ccccc5)cc4)ccc32)c1-c1cc(CC(C)(C)C)cc[n+]1C. The van der Waals surface area contributed by atoms with Gasteiger partial charge < -0.3 is 4.42 Å². The molecule has 0 fully saturated rings. The Bertz CT molecular complexity index is 1910. The van der Waals surface area contributed by atoms with Crippen LogP contribution in [0.3, 0.4) is 0 Å². The molecule has 0 aliphatic carbocycles. The molecule has 3 heteroatoms. The molecular weight excluding hydrogens is 488 g/mol. The number of furan rings is 1. The molecule has 0 aliphatic rings. The van der Waals surface area contributed by atoms with Gasteiger partial charge in [-0.05, 0) is 70.3 Å². The highest BCUT2D eigenvalue weighted by Gasteiger charge is 2.24. The molecule has 0 spiro atoms. The van der Waals surface area contributed by atoms with Crippen LogP contribution in [0.15, 0.2) is 102 Å². The molecule has 0 radical (unpaired) electrons. The van der Waals surface area contributed by atoms with E-state index in [-0.39, 0.29) is 5.41 Å². The second kappa shape index (κ2) is 9.81. The minimum atomic E-state index is 0.182. The van der Waals surface area contributed by atoms with E-state index in [2.05, 4.69) is 130 Å². The van der Waals surface area contributed by atoms with Crippen LogP contribution in [0.25, 0.3) is 55.4 Å². The second-order valence-corrected chi connectivity index (χ2v) is 12.0. The lowest BCUT2D eigenvalue weighted by Gasteiger charge is -2.18. The maximum Gasteiger partial charge on any atom is 0.216 e. The standard InChI is InChI=1S/C37H33N2O/c1-24-19-30(23-38)35-31-16-15-29(28-13-11-27(12-14-28)26-9-7-6-8-10-26)21-33(31)40-36(35)34(24)32-20-25(17-18-39(32)5)22-37(2,3)4/h6-21H,22H2,1-5H3/q+1. The Morgan fingerprint density at radius 3 is 2.12 bits per heavy atom. The van der Waals surface area contributed by atoms with Crippen molar-refractivity contribution >= 4 is 21.9 Å². The fourth-order valence-electron chi connectivity index (χ4n) is 5.74. The van der Waals surface area contributed by atoms with E-state index in [0.29, 0.717) is 5.56 Å². The Balaban J connectivity index is 1.50. The summed E-state index contributed by atoms with van der Waals surface area (Å²) < 4.78 is 8.79. The van der Waals surface area contributed by atoms with Crippen molar-refractivity contribution in [3.05, 3.63) is 114 Å². The number of hydrogen-bond acceptors (Lipinski definition) is 2. The van der Waals surface area contributed by atoms with Gasteiger partial charge in [-0.1, -0.05) is 81.4 Å². The van der Waals surface area contributed by atoms with Gasteiger partial charge in [0.1, 0.15) is 12.6 Å². The minimum Gasteiger partial charge on any atom is -0.455 e. The Kier molecular flexibility index (Phi) is 6.28. The largest absolute Gasteiger partial charge is 0.455 e. The van der Waals surface area contributed by atoms with E-state index in [1.54, 1.807) is 0 Å². The monoisotopic (exact) mass is 521 g/mol. The molecule has 3 nitrogen and oxygen atoms in total. The van der Waals surface area contributed by atoms with E-state index in [9.17, 15) is 5.26 Å². The molecule has 0 saturated heterocycles. The highest BCUT2D eigenvalue weighted by Crippen LogP contribution is 2.40. The zero-order valence-corrected chi connectivity index (χ0v) is 23.7. The van der Waals surface area contributed by atoms with Crippen LogP contribution in [-0.4, -0.2) is 0 Å². The molecule has 2 aromatic heterocycles. The molecule has 0 unspecified atom stereocenters. The van der Waals surface area contributed by atoms with Gasteiger partial charge in [0.25, 0.3) is 0 Å². The lowest BCUT2D eigenvalue weighted by Crippen LogP contribution is -2.31. The summed E-state index contributed by atoms with van der Waals surface area (Å²) in [7, 11) is 2.07. The molecule has 0 aliphatic heterocycles. The van der Waals surface area contributed by atoms with Crippen LogP contribution in [0.1, 0.15) is 37.5 Å². The van der Waals surface area contributed by atoms with Crippen molar-refractivity contribution in [3.8, 4) is 39.6 Å². The first-order valence-corrected chi connectivity index (χ1v) is 13.8. The third-order valence-electron chi connectivity index (χ3n) is 7.59. The first-order valence-electron chi connectivity index (χ1n) is 13.8. The smallest absolute Gasteiger partial charge is 0.216 e. The number of rotatable bonds is 4. The summed E-state index contributed by atoms with van der Waals surface area (Å²) in [5, 5.41) is 11.9. The van der Waals surface area contributed by atoms with Gasteiger partial charge in [0.15, 0.2) is 11.8 Å². The zero-order valence-electron chi connectivity index (χ0n) is 23.7. The van der Waals surface area contributed by atoms with Crippen LogP contribution in [-0.2, 0) is 13.5 Å². The normalized spacial score (nSPS) is 11.7. The highest BCUT2D eigenvalue weighted by molar-refractivity contribution is 6.13. The molecule has 0 atom stereocenters. The number of benzene rings is 4. The number of aryl methyl sites for hydroxylation is 2. The van der Waals surface area contributed by atoms with Crippen molar-refractivity contribution in [1.29, 1.82) is 5.26 Å². The van der Waals surface area contributed by atoms with E-state index >= 15 is 0 Å². The van der Waals surface area contributed by atoms with Crippen LogP contribution in [0.4, 0.5) is 0 Å². The first kappa shape index (κ1) is 25.6. The Morgan fingerprint density at radius 1 is 0.800 bits per heavy atom. The van der Waals surface area contributed by atoms with Crippen molar-refractivity contribution in [2.45, 2.75) is 34.1 Å². The third kappa shape index (κ3) is 4.67. The van der Waals surface area contributed by atoms with Crippen molar-refractivity contribution in [2.24, 2.45) is 12.5 Å². The van der Waals surface area contributed by atoms with Gasteiger partial charge in [-0.3, -0.25) is 0 Å². The maximum atomic E-state index is 10.1. The molecule has 40 heavy (non-hydrogen) atoms. The lowest BCUT2D eigenvalue weighted by atomic mass is 9.87. The molecule has 0 amide bonds. The molecule has 196 valence electrons. The van der Waals surface area contributed by atoms with E-state index < -0.39 is 0 Å². The molecule has 4 aromatic carbocycles. The Hall–Kier alpha value is -4.68. The predicted octanol–water partition coefficient (Wildman–Crippen LogP) is 9.18. The highest BCUT2D eigenvalue weighted by atomic mass is 16.3.